The summed E-state index contributed by atoms with van der Waals surface area (Å²) >= 11 is 0. The predicted octanol–water partition coefficient (Wildman–Crippen LogP) is 3.65. The number of hydrogen-bond acceptors (Lipinski definition) is 7. The Morgan fingerprint density at radius 3 is 2.81 bits per heavy atom. The quantitative estimate of drug-likeness (QED) is 0.444. The number of aromatic nitrogens is 2. The van der Waals surface area contributed by atoms with Gasteiger partial charge >= 0.3 is 0 Å². The Hall–Kier alpha value is -3.28. The molecule has 0 aliphatic carbocycles. The summed E-state index contributed by atoms with van der Waals surface area (Å²) in [7, 11) is 0. The first-order valence-electron chi connectivity index (χ1n) is 10.3. The Bertz CT molecular complexity index is 1100. The van der Waals surface area contributed by atoms with Gasteiger partial charge in [0.05, 0.1) is 11.6 Å². The van der Waals surface area contributed by atoms with Crippen molar-refractivity contribution in [3.63, 3.8) is 0 Å². The SMILES string of the molecule is CCOCOc1cc(C#N)ccc1-c1nnc(N[C@H]2CNC[C@H](F)C2)c2ccccc12. The van der Waals surface area contributed by atoms with Crippen LogP contribution in [0.4, 0.5) is 10.2 Å². The molecule has 0 spiro atoms. The van der Waals surface area contributed by atoms with Crippen molar-refractivity contribution in [2.24, 2.45) is 0 Å². The third-order valence-electron chi connectivity index (χ3n) is 5.19. The van der Waals surface area contributed by atoms with E-state index in [9.17, 15) is 9.65 Å². The van der Waals surface area contributed by atoms with Crippen molar-refractivity contribution >= 4 is 16.6 Å². The van der Waals surface area contributed by atoms with E-state index in [4.69, 9.17) is 9.47 Å². The molecule has 3 aromatic rings. The second-order valence-corrected chi connectivity index (χ2v) is 7.35. The molecule has 2 atom stereocenters. The van der Waals surface area contributed by atoms with Gasteiger partial charge in [-0.1, -0.05) is 24.3 Å². The summed E-state index contributed by atoms with van der Waals surface area (Å²) in [6.07, 6.45) is -0.455. The van der Waals surface area contributed by atoms with Crippen LogP contribution in [0.5, 0.6) is 5.75 Å². The number of nitrogens with one attached hydrogen (secondary N) is 2. The van der Waals surface area contributed by atoms with Crippen LogP contribution in [0.15, 0.2) is 42.5 Å². The lowest BCUT2D eigenvalue weighted by atomic mass is 10.0. The fourth-order valence-electron chi connectivity index (χ4n) is 3.70. The number of nitrogens with zero attached hydrogens (tertiary/aromatic N) is 3. The maximum atomic E-state index is 13.8. The molecule has 2 heterocycles. The van der Waals surface area contributed by atoms with Crippen molar-refractivity contribution in [2.45, 2.75) is 25.6 Å². The first kappa shape index (κ1) is 21.0. The minimum Gasteiger partial charge on any atom is -0.467 e. The van der Waals surface area contributed by atoms with Crippen molar-refractivity contribution in [1.29, 1.82) is 5.26 Å². The summed E-state index contributed by atoms with van der Waals surface area (Å²) in [5, 5.41) is 26.4. The summed E-state index contributed by atoms with van der Waals surface area (Å²) in [6.45, 7) is 3.53. The lowest BCUT2D eigenvalue weighted by Gasteiger charge is -2.27. The average molecular weight is 421 g/mol. The van der Waals surface area contributed by atoms with Crippen molar-refractivity contribution in [2.75, 3.05) is 31.8 Å². The number of piperidine rings is 1. The van der Waals surface area contributed by atoms with E-state index in [2.05, 4.69) is 26.9 Å². The zero-order valence-electron chi connectivity index (χ0n) is 17.3. The summed E-state index contributed by atoms with van der Waals surface area (Å²) in [5.74, 6) is 1.12. The highest BCUT2D eigenvalue weighted by atomic mass is 19.1. The minimum atomic E-state index is -0.881. The number of anilines is 1. The van der Waals surface area contributed by atoms with Crippen LogP contribution in [0.2, 0.25) is 0 Å². The number of halogens is 1. The third-order valence-corrected chi connectivity index (χ3v) is 5.19. The molecule has 8 heteroatoms. The molecule has 2 aromatic carbocycles. The van der Waals surface area contributed by atoms with Crippen molar-refractivity contribution in [3.8, 4) is 23.1 Å². The molecule has 0 radical (unpaired) electrons. The number of hydrogen-bond donors (Lipinski definition) is 2. The van der Waals surface area contributed by atoms with E-state index in [0.717, 1.165) is 16.3 Å². The zero-order valence-corrected chi connectivity index (χ0v) is 17.3. The van der Waals surface area contributed by atoms with Crippen LogP contribution in [-0.2, 0) is 4.74 Å². The van der Waals surface area contributed by atoms with Crippen molar-refractivity contribution in [1.82, 2.24) is 15.5 Å². The molecule has 4 rings (SSSR count). The molecule has 7 nitrogen and oxygen atoms in total. The average Bonchev–Trinajstić information content (AvgIpc) is 2.80. The third kappa shape index (κ3) is 4.74. The molecule has 0 unspecified atom stereocenters. The molecule has 1 fully saturated rings. The molecule has 1 aliphatic heterocycles. The van der Waals surface area contributed by atoms with E-state index in [0.29, 0.717) is 48.9 Å². The van der Waals surface area contributed by atoms with Gasteiger partial charge in [0.2, 0.25) is 0 Å². The van der Waals surface area contributed by atoms with Gasteiger partial charge < -0.3 is 20.1 Å². The van der Waals surface area contributed by atoms with Crippen molar-refractivity contribution < 1.29 is 13.9 Å². The zero-order chi connectivity index (χ0) is 21.6. The molecule has 0 bridgehead atoms. The van der Waals surface area contributed by atoms with E-state index >= 15 is 0 Å². The van der Waals surface area contributed by atoms with Crippen LogP contribution in [0.25, 0.3) is 22.0 Å². The van der Waals surface area contributed by atoms with E-state index in [1.807, 2.05) is 37.3 Å². The molecule has 1 aliphatic rings. The number of alkyl halides is 1. The molecule has 0 amide bonds. The summed E-state index contributed by atoms with van der Waals surface area (Å²) in [6, 6.07) is 15.1. The van der Waals surface area contributed by atoms with Gasteiger partial charge in [0.25, 0.3) is 0 Å². The summed E-state index contributed by atoms with van der Waals surface area (Å²) in [5.41, 5.74) is 1.84. The maximum absolute atomic E-state index is 13.8. The fraction of sp³-hybridized carbons (Fsp3) is 0.348. The predicted molar refractivity (Wildman–Crippen MR) is 117 cm³/mol. The lowest BCUT2D eigenvalue weighted by Crippen LogP contribution is -2.44. The number of fused-ring (bicyclic) bond motifs is 1. The van der Waals surface area contributed by atoms with Gasteiger partial charge in [0.1, 0.15) is 17.6 Å². The monoisotopic (exact) mass is 421 g/mol. The fourth-order valence-corrected chi connectivity index (χ4v) is 3.70. The van der Waals surface area contributed by atoms with Crippen LogP contribution < -0.4 is 15.4 Å². The summed E-state index contributed by atoms with van der Waals surface area (Å²) < 4.78 is 24.9. The topological polar surface area (TPSA) is 92.1 Å². The van der Waals surface area contributed by atoms with Gasteiger partial charge in [-0.3, -0.25) is 0 Å². The van der Waals surface area contributed by atoms with Gasteiger partial charge in [0, 0.05) is 48.5 Å². The molecule has 0 saturated carbocycles. The number of benzene rings is 2. The van der Waals surface area contributed by atoms with Crippen LogP contribution in [-0.4, -0.2) is 48.9 Å². The van der Waals surface area contributed by atoms with E-state index in [1.165, 1.54) is 0 Å². The van der Waals surface area contributed by atoms with Gasteiger partial charge in [-0.2, -0.15) is 5.26 Å². The Morgan fingerprint density at radius 1 is 1.19 bits per heavy atom. The lowest BCUT2D eigenvalue weighted by molar-refractivity contribution is 0.0227. The number of nitriles is 1. The van der Waals surface area contributed by atoms with Gasteiger partial charge in [0.15, 0.2) is 12.6 Å². The largest absolute Gasteiger partial charge is 0.467 e. The maximum Gasteiger partial charge on any atom is 0.189 e. The Kier molecular flexibility index (Phi) is 6.55. The number of ether oxygens (including phenoxy) is 2. The molecule has 1 saturated heterocycles. The first-order valence-corrected chi connectivity index (χ1v) is 10.3. The summed E-state index contributed by atoms with van der Waals surface area (Å²) in [4.78, 5) is 0. The van der Waals surface area contributed by atoms with Gasteiger partial charge in [-0.15, -0.1) is 10.2 Å². The van der Waals surface area contributed by atoms with E-state index in [1.54, 1.807) is 12.1 Å². The molecular formula is C23H24FN5O2. The smallest absolute Gasteiger partial charge is 0.189 e. The van der Waals surface area contributed by atoms with Crippen molar-refractivity contribution in [3.05, 3.63) is 48.0 Å². The molecule has 2 N–H and O–H groups in total. The molecule has 1 aromatic heterocycles. The second kappa shape index (κ2) is 9.69. The Labute approximate surface area is 180 Å². The minimum absolute atomic E-state index is 0.0627. The molecule has 31 heavy (non-hydrogen) atoms. The van der Waals surface area contributed by atoms with E-state index < -0.39 is 6.17 Å². The highest BCUT2D eigenvalue weighted by Crippen LogP contribution is 2.36. The molecule has 160 valence electrons. The van der Waals surface area contributed by atoms with Gasteiger partial charge in [-0.05, 0) is 25.1 Å². The molecular weight excluding hydrogens is 397 g/mol. The second-order valence-electron chi connectivity index (χ2n) is 7.35. The van der Waals surface area contributed by atoms with Crippen LogP contribution in [0, 0.1) is 11.3 Å². The van der Waals surface area contributed by atoms with Crippen LogP contribution in [0.1, 0.15) is 18.9 Å². The Balaban J connectivity index is 1.73. The number of rotatable bonds is 7. The normalized spacial score (nSPS) is 18.5. The standard InChI is InChI=1S/C23H24FN5O2/c1-2-30-14-31-21-9-15(11-25)7-8-20(21)22-18-5-3-4-6-19(18)23(29-28-22)27-17-10-16(24)12-26-13-17/h3-9,16-17,26H,2,10,12-14H2,1H3,(H,27,29)/t16-,17-/m1/s1. The van der Waals surface area contributed by atoms with Crippen LogP contribution >= 0.6 is 0 Å². The Morgan fingerprint density at radius 2 is 2.03 bits per heavy atom. The van der Waals surface area contributed by atoms with Crippen LogP contribution in [0.3, 0.4) is 0 Å². The first-order chi connectivity index (χ1) is 15.2. The van der Waals surface area contributed by atoms with E-state index in [-0.39, 0.29) is 12.8 Å². The van der Waals surface area contributed by atoms with Gasteiger partial charge in [-0.25, -0.2) is 4.39 Å². The highest BCUT2D eigenvalue weighted by Gasteiger charge is 2.23. The highest BCUT2D eigenvalue weighted by molar-refractivity contribution is 6.01.